The predicted octanol–water partition coefficient (Wildman–Crippen LogP) is 7.61. The van der Waals surface area contributed by atoms with Crippen molar-refractivity contribution >= 4 is 46.6 Å². The van der Waals surface area contributed by atoms with Gasteiger partial charge in [0.1, 0.15) is 36.6 Å². The van der Waals surface area contributed by atoms with Crippen molar-refractivity contribution in [3.05, 3.63) is 105 Å². The molecule has 1 aromatic heterocycles. The molecule has 3 aliphatic rings. The van der Waals surface area contributed by atoms with Gasteiger partial charge in [-0.15, -0.1) is 11.3 Å². The molecule has 0 bridgehead atoms. The largest absolute Gasteiger partial charge is 0.489 e. The molecule has 4 aromatic rings. The second-order valence-corrected chi connectivity index (χ2v) is 21.3. The zero-order valence-electron chi connectivity index (χ0n) is 39.5. The lowest BCUT2D eigenvalue weighted by Gasteiger charge is -2.65. The normalized spacial score (nSPS) is 21.3. The zero-order chi connectivity index (χ0) is 48.6. The van der Waals surface area contributed by atoms with E-state index in [0.717, 1.165) is 32.8 Å². The highest BCUT2D eigenvalue weighted by Gasteiger charge is 2.67. The van der Waals surface area contributed by atoms with Crippen molar-refractivity contribution in [1.82, 2.24) is 25.4 Å². The summed E-state index contributed by atoms with van der Waals surface area (Å²) in [6, 6.07) is 18.3. The number of amides is 4. The van der Waals surface area contributed by atoms with Crippen LogP contribution in [0.5, 0.6) is 5.75 Å². The molecular weight excluding hydrogens is 888 g/mol. The van der Waals surface area contributed by atoms with Gasteiger partial charge in [-0.3, -0.25) is 19.2 Å². The Kier molecular flexibility index (Phi) is 14.3. The van der Waals surface area contributed by atoms with Crippen LogP contribution in [-0.4, -0.2) is 93.6 Å². The summed E-state index contributed by atoms with van der Waals surface area (Å²) < 4.78 is 12.1. The van der Waals surface area contributed by atoms with E-state index in [1.165, 1.54) is 4.90 Å². The molecule has 1 saturated heterocycles. The molecule has 15 heteroatoms. The van der Waals surface area contributed by atoms with Gasteiger partial charge in [0, 0.05) is 60.0 Å². The van der Waals surface area contributed by atoms with Crippen LogP contribution in [0, 0.1) is 46.3 Å². The first-order chi connectivity index (χ1) is 31.6. The summed E-state index contributed by atoms with van der Waals surface area (Å²) in [5.74, 6) is 5.48. The topological polar surface area (TPSA) is 174 Å². The first-order valence-electron chi connectivity index (χ1n) is 22.6. The van der Waals surface area contributed by atoms with E-state index in [0.29, 0.717) is 34.9 Å². The van der Waals surface area contributed by atoms with Gasteiger partial charge in [0.2, 0.25) is 17.7 Å². The van der Waals surface area contributed by atoms with E-state index in [2.05, 4.69) is 61.2 Å². The molecule has 0 unspecified atom stereocenters. The van der Waals surface area contributed by atoms with Crippen molar-refractivity contribution in [3.63, 3.8) is 0 Å². The molecular formula is C52H59ClN6O7S. The summed E-state index contributed by atoms with van der Waals surface area (Å²) in [6.45, 7) is 18.0. The molecule has 4 atom stereocenters. The van der Waals surface area contributed by atoms with Crippen molar-refractivity contribution in [1.29, 1.82) is 5.26 Å². The molecule has 3 heterocycles. The maximum absolute atomic E-state index is 14.1. The Bertz CT molecular complexity index is 2640. The average Bonchev–Trinajstić information content (AvgIpc) is 3.98. The number of aromatic nitrogens is 1. The lowest BCUT2D eigenvalue weighted by Crippen LogP contribution is -2.74. The van der Waals surface area contributed by atoms with Crippen LogP contribution in [0.1, 0.15) is 113 Å². The van der Waals surface area contributed by atoms with Gasteiger partial charge >= 0.3 is 0 Å². The Morgan fingerprint density at radius 2 is 1.76 bits per heavy atom. The van der Waals surface area contributed by atoms with E-state index >= 15 is 0 Å². The monoisotopic (exact) mass is 946 g/mol. The molecule has 3 aromatic carbocycles. The molecule has 67 heavy (non-hydrogen) atoms. The number of aliphatic hydroxyl groups is 1. The number of ether oxygens (including phenoxy) is 2. The number of fused-ring (bicyclic) bond motifs is 1. The summed E-state index contributed by atoms with van der Waals surface area (Å²) in [7, 11) is 0. The number of aliphatic hydroxyl groups excluding tert-OH is 1. The van der Waals surface area contributed by atoms with Crippen molar-refractivity contribution in [3.8, 4) is 34.1 Å². The lowest BCUT2D eigenvalue weighted by atomic mass is 9.49. The highest BCUT2D eigenvalue weighted by Crippen LogP contribution is 2.59. The van der Waals surface area contributed by atoms with E-state index in [-0.39, 0.29) is 67.0 Å². The van der Waals surface area contributed by atoms with Crippen molar-refractivity contribution in [2.75, 3.05) is 19.8 Å². The van der Waals surface area contributed by atoms with Crippen LogP contribution in [-0.2, 0) is 25.7 Å². The third-order valence-electron chi connectivity index (χ3n) is 13.2. The number of carbonyl (C=O) groups excluding carboxylic acids is 4. The number of aryl methyl sites for hydroxylation is 1. The summed E-state index contributed by atoms with van der Waals surface area (Å²) >= 11 is 7.85. The number of carbonyl (C=O) groups is 4. The Labute approximate surface area is 402 Å². The van der Waals surface area contributed by atoms with Crippen molar-refractivity contribution in [2.45, 2.75) is 118 Å². The smallest absolute Gasteiger partial charge is 0.254 e. The van der Waals surface area contributed by atoms with Gasteiger partial charge in [-0.25, -0.2) is 4.98 Å². The fourth-order valence-electron chi connectivity index (χ4n) is 10.3. The lowest BCUT2D eigenvalue weighted by molar-refractivity contribution is -0.199. The number of hydrogen-bond donors (Lipinski definition) is 3. The number of nitrogens with one attached hydrogen (secondary N) is 2. The zero-order valence-corrected chi connectivity index (χ0v) is 41.1. The molecule has 0 spiro atoms. The van der Waals surface area contributed by atoms with E-state index in [1.54, 1.807) is 29.5 Å². The van der Waals surface area contributed by atoms with Gasteiger partial charge in [-0.1, -0.05) is 96.2 Å². The Hall–Kier alpha value is -5.77. The number of benzene rings is 3. The minimum Gasteiger partial charge on any atom is -0.489 e. The highest BCUT2D eigenvalue weighted by molar-refractivity contribution is 7.13. The van der Waals surface area contributed by atoms with Crippen LogP contribution in [0.15, 0.2) is 66.2 Å². The van der Waals surface area contributed by atoms with E-state index in [4.69, 9.17) is 21.1 Å². The van der Waals surface area contributed by atoms with Crippen LogP contribution < -0.4 is 15.4 Å². The number of nitriles is 1. The number of hydrogen-bond acceptors (Lipinski definition) is 10. The first-order valence-corrected chi connectivity index (χ1v) is 23.8. The molecule has 352 valence electrons. The minimum atomic E-state index is -0.989. The highest BCUT2D eigenvalue weighted by atomic mass is 35.5. The molecule has 1 aliphatic carbocycles. The van der Waals surface area contributed by atoms with Crippen molar-refractivity contribution < 1.29 is 33.8 Å². The number of β-amino-alcohol motifs (C(OH)–C–C–N with tert-alkyl or cyclic N) is 1. The molecule has 2 fully saturated rings. The second kappa shape index (κ2) is 19.4. The van der Waals surface area contributed by atoms with Gasteiger partial charge in [-0.05, 0) is 66.3 Å². The number of halogens is 1. The fourth-order valence-corrected chi connectivity index (χ4v) is 11.3. The number of rotatable bonds is 13. The van der Waals surface area contributed by atoms with Gasteiger partial charge < -0.3 is 35.0 Å². The van der Waals surface area contributed by atoms with Crippen LogP contribution in [0.25, 0.3) is 10.4 Å². The molecule has 7 rings (SSSR count). The SMILES string of the molecule is Cc1ncsc1-c1ccc([C@H](C)NC(=O)[C@@H]2C[C@@H](O)CN2C(=O)[C@@H](NC(=O)COCCC#Cc2ccc3c(c2)CN([C@H]2C(C)(C)[C@H](Oc4ccc(C#N)c(Cl)c4)C2(C)C)C3=O)C(C)(C)C)cc1. The molecule has 13 nitrogen and oxygen atoms in total. The summed E-state index contributed by atoms with van der Waals surface area (Å²) in [5.41, 5.74) is 5.89. The third kappa shape index (κ3) is 10.2. The van der Waals surface area contributed by atoms with Gasteiger partial charge in [0.05, 0.1) is 45.4 Å². The first kappa shape index (κ1) is 49.1. The van der Waals surface area contributed by atoms with Crippen LogP contribution in [0.3, 0.4) is 0 Å². The minimum absolute atomic E-state index is 0.0307. The summed E-state index contributed by atoms with van der Waals surface area (Å²) in [6.07, 6.45) is -0.691. The fraction of sp³-hybridized carbons (Fsp3) is 0.462. The van der Waals surface area contributed by atoms with Crippen LogP contribution >= 0.6 is 22.9 Å². The number of nitrogens with zero attached hydrogens (tertiary/aromatic N) is 4. The Balaban J connectivity index is 0.890. The maximum Gasteiger partial charge on any atom is 0.254 e. The number of thiazole rings is 1. The molecule has 0 radical (unpaired) electrons. The standard InChI is InChI=1S/C52H59ClN6O7S/c1-30(33-14-16-34(17-15-33)43-31(2)55-29-67-43)56-45(62)41-23-37(60)27-58(41)47(64)44(50(3,4)5)57-42(61)28-65-21-11-10-12-32-13-20-39-36(22-32)26-59(46(39)63)48-51(6,7)49(52(48,8)9)66-38-19-18-35(25-54)40(53)24-38/h13-20,22,24,29-30,37,41,44,48-49,60H,11,21,23,26-28H2,1-9H3,(H,56,62)(H,57,61)/t30-,37+,41-,44+,48-,49-/m0/s1. The Morgan fingerprint density at radius 1 is 1.04 bits per heavy atom. The molecule has 2 aliphatic heterocycles. The van der Waals surface area contributed by atoms with E-state index < -0.39 is 35.4 Å². The van der Waals surface area contributed by atoms with Crippen LogP contribution in [0.4, 0.5) is 0 Å². The van der Waals surface area contributed by atoms with E-state index in [9.17, 15) is 29.5 Å². The number of likely N-dealkylation sites (tertiary alicyclic amines) is 1. The summed E-state index contributed by atoms with van der Waals surface area (Å²) in [4.78, 5) is 63.5. The van der Waals surface area contributed by atoms with E-state index in [1.807, 2.05) is 87.5 Å². The summed E-state index contributed by atoms with van der Waals surface area (Å²) in [5, 5.41) is 26.1. The Morgan fingerprint density at radius 3 is 2.40 bits per heavy atom. The molecule has 4 amide bonds. The average molecular weight is 948 g/mol. The quantitative estimate of drug-likeness (QED) is 0.0901. The van der Waals surface area contributed by atoms with Crippen LogP contribution in [0.2, 0.25) is 5.02 Å². The third-order valence-corrected chi connectivity index (χ3v) is 14.5. The second-order valence-electron chi connectivity index (χ2n) is 20.1. The molecule has 1 saturated carbocycles. The van der Waals surface area contributed by atoms with Gasteiger partial charge in [0.25, 0.3) is 5.91 Å². The predicted molar refractivity (Wildman–Crippen MR) is 257 cm³/mol. The van der Waals surface area contributed by atoms with Gasteiger partial charge in [0.15, 0.2) is 0 Å². The van der Waals surface area contributed by atoms with Gasteiger partial charge in [-0.2, -0.15) is 5.26 Å². The van der Waals surface area contributed by atoms with Crippen molar-refractivity contribution in [2.24, 2.45) is 16.2 Å². The maximum atomic E-state index is 14.1. The molecule has 3 N–H and O–H groups in total.